The molecule has 1 heterocycles. The molecular formula is C15H14N2O. The molecule has 3 nitrogen and oxygen atoms in total. The molecule has 1 aromatic heterocycles. The molecule has 2 rings (SSSR count). The summed E-state index contributed by atoms with van der Waals surface area (Å²) in [6.07, 6.45) is 0. The van der Waals surface area contributed by atoms with Crippen LogP contribution in [0.3, 0.4) is 0 Å². The fraction of sp³-hybridized carbons (Fsp3) is 0.200. The van der Waals surface area contributed by atoms with E-state index in [0.717, 1.165) is 5.56 Å². The lowest BCUT2D eigenvalue weighted by atomic mass is 10.1. The van der Waals surface area contributed by atoms with E-state index in [9.17, 15) is 4.79 Å². The lowest BCUT2D eigenvalue weighted by molar-refractivity contribution is 0.972. The number of nitrogens with zero attached hydrogens (tertiary/aromatic N) is 1. The minimum absolute atomic E-state index is 0.181. The SMILES string of the molecule is Cc1ccc(C#Cc2c(C)nc(C)[nH]c2=O)cc1. The van der Waals surface area contributed by atoms with Crippen LogP contribution >= 0.6 is 0 Å². The van der Waals surface area contributed by atoms with E-state index in [0.29, 0.717) is 17.1 Å². The van der Waals surface area contributed by atoms with Gasteiger partial charge in [-0.2, -0.15) is 0 Å². The van der Waals surface area contributed by atoms with Gasteiger partial charge >= 0.3 is 0 Å². The summed E-state index contributed by atoms with van der Waals surface area (Å²) < 4.78 is 0. The van der Waals surface area contributed by atoms with Gasteiger partial charge in [-0.3, -0.25) is 4.79 Å². The van der Waals surface area contributed by atoms with Crippen LogP contribution in [0.25, 0.3) is 0 Å². The highest BCUT2D eigenvalue weighted by Gasteiger charge is 2.02. The van der Waals surface area contributed by atoms with Crippen LogP contribution < -0.4 is 5.56 Å². The first kappa shape index (κ1) is 12.1. The van der Waals surface area contributed by atoms with Crippen LogP contribution in [0.15, 0.2) is 29.1 Å². The highest BCUT2D eigenvalue weighted by molar-refractivity contribution is 5.43. The first-order chi connectivity index (χ1) is 8.56. The van der Waals surface area contributed by atoms with Crippen LogP contribution in [0.2, 0.25) is 0 Å². The third-order valence-corrected chi connectivity index (χ3v) is 2.60. The van der Waals surface area contributed by atoms with Gasteiger partial charge < -0.3 is 4.98 Å². The minimum atomic E-state index is -0.181. The van der Waals surface area contributed by atoms with E-state index in [1.807, 2.05) is 31.2 Å². The van der Waals surface area contributed by atoms with E-state index in [1.165, 1.54) is 5.56 Å². The molecule has 3 heteroatoms. The summed E-state index contributed by atoms with van der Waals surface area (Å²) in [5, 5.41) is 0. The molecule has 0 radical (unpaired) electrons. The second-order valence-corrected chi connectivity index (χ2v) is 4.23. The Bertz CT molecular complexity index is 685. The molecule has 0 amide bonds. The van der Waals surface area contributed by atoms with Crippen molar-refractivity contribution in [3.63, 3.8) is 0 Å². The summed E-state index contributed by atoms with van der Waals surface area (Å²) in [5.41, 5.74) is 2.99. The van der Waals surface area contributed by atoms with Crippen molar-refractivity contribution in [1.82, 2.24) is 9.97 Å². The molecular weight excluding hydrogens is 224 g/mol. The zero-order valence-corrected chi connectivity index (χ0v) is 10.7. The van der Waals surface area contributed by atoms with Gasteiger partial charge in [-0.1, -0.05) is 29.5 Å². The maximum Gasteiger partial charge on any atom is 0.266 e. The zero-order valence-electron chi connectivity index (χ0n) is 10.7. The maximum absolute atomic E-state index is 11.7. The van der Waals surface area contributed by atoms with Gasteiger partial charge in [0, 0.05) is 5.56 Å². The molecule has 0 saturated heterocycles. The molecule has 90 valence electrons. The molecule has 0 aliphatic carbocycles. The normalized spacial score (nSPS) is 9.72. The van der Waals surface area contributed by atoms with Crippen molar-refractivity contribution in [2.45, 2.75) is 20.8 Å². The average molecular weight is 238 g/mol. The molecule has 1 N–H and O–H groups in total. The number of hydrogen-bond donors (Lipinski definition) is 1. The summed E-state index contributed by atoms with van der Waals surface area (Å²) in [6, 6.07) is 7.87. The van der Waals surface area contributed by atoms with Crippen LogP contribution in [0.5, 0.6) is 0 Å². The van der Waals surface area contributed by atoms with E-state index in [4.69, 9.17) is 0 Å². The quantitative estimate of drug-likeness (QED) is 0.714. The van der Waals surface area contributed by atoms with Crippen molar-refractivity contribution in [3.8, 4) is 11.8 Å². The van der Waals surface area contributed by atoms with Crippen LogP contribution in [-0.4, -0.2) is 9.97 Å². The second kappa shape index (κ2) is 4.89. The Hall–Kier alpha value is -2.34. The van der Waals surface area contributed by atoms with E-state index < -0.39 is 0 Å². The smallest absolute Gasteiger partial charge is 0.266 e. The molecule has 0 aliphatic heterocycles. The molecule has 18 heavy (non-hydrogen) atoms. The number of aryl methyl sites for hydroxylation is 3. The van der Waals surface area contributed by atoms with Crippen LogP contribution in [0.4, 0.5) is 0 Å². The summed E-state index contributed by atoms with van der Waals surface area (Å²) in [5.74, 6) is 6.48. The zero-order chi connectivity index (χ0) is 13.1. The van der Waals surface area contributed by atoms with Gasteiger partial charge in [-0.25, -0.2) is 4.98 Å². The standard InChI is InChI=1S/C15H14N2O/c1-10-4-6-13(7-5-10)8-9-14-11(2)16-12(3)17-15(14)18/h4-7H,1-3H3,(H,16,17,18). The van der Waals surface area contributed by atoms with Gasteiger partial charge in [0.15, 0.2) is 0 Å². The van der Waals surface area contributed by atoms with Gasteiger partial charge in [0.2, 0.25) is 0 Å². The third kappa shape index (κ3) is 2.67. The lowest BCUT2D eigenvalue weighted by Crippen LogP contribution is -2.15. The molecule has 0 unspecified atom stereocenters. The predicted octanol–water partition coefficient (Wildman–Crippen LogP) is 2.09. The van der Waals surface area contributed by atoms with Crippen LogP contribution in [0, 0.1) is 32.6 Å². The number of aromatic nitrogens is 2. The molecule has 1 aromatic carbocycles. The van der Waals surface area contributed by atoms with Gasteiger partial charge in [-0.15, -0.1) is 0 Å². The highest BCUT2D eigenvalue weighted by Crippen LogP contribution is 2.02. The Morgan fingerprint density at radius 1 is 1.06 bits per heavy atom. The van der Waals surface area contributed by atoms with Crippen molar-refractivity contribution in [2.24, 2.45) is 0 Å². The highest BCUT2D eigenvalue weighted by atomic mass is 16.1. The summed E-state index contributed by atoms with van der Waals surface area (Å²) in [7, 11) is 0. The fourth-order valence-electron chi connectivity index (χ4n) is 1.65. The fourth-order valence-corrected chi connectivity index (χ4v) is 1.65. The largest absolute Gasteiger partial charge is 0.310 e. The Morgan fingerprint density at radius 3 is 2.33 bits per heavy atom. The average Bonchev–Trinajstić information content (AvgIpc) is 2.30. The van der Waals surface area contributed by atoms with E-state index >= 15 is 0 Å². The number of nitrogens with one attached hydrogen (secondary N) is 1. The summed E-state index contributed by atoms with van der Waals surface area (Å²) in [6.45, 7) is 5.57. The maximum atomic E-state index is 11.7. The minimum Gasteiger partial charge on any atom is -0.310 e. The Kier molecular flexibility index (Phi) is 3.29. The van der Waals surface area contributed by atoms with Gasteiger partial charge in [0.05, 0.1) is 5.69 Å². The topological polar surface area (TPSA) is 45.8 Å². The van der Waals surface area contributed by atoms with Gasteiger partial charge in [0.1, 0.15) is 11.4 Å². The van der Waals surface area contributed by atoms with Crippen LogP contribution in [0.1, 0.15) is 28.2 Å². The van der Waals surface area contributed by atoms with Crippen molar-refractivity contribution >= 4 is 0 Å². The molecule has 0 saturated carbocycles. The Morgan fingerprint density at radius 2 is 1.72 bits per heavy atom. The van der Waals surface area contributed by atoms with Crippen molar-refractivity contribution in [3.05, 3.63) is 62.8 Å². The van der Waals surface area contributed by atoms with E-state index in [2.05, 4.69) is 21.8 Å². The van der Waals surface area contributed by atoms with Crippen molar-refractivity contribution in [1.29, 1.82) is 0 Å². The van der Waals surface area contributed by atoms with Crippen molar-refractivity contribution < 1.29 is 0 Å². The predicted molar refractivity (Wildman–Crippen MR) is 71.5 cm³/mol. The summed E-state index contributed by atoms with van der Waals surface area (Å²) in [4.78, 5) is 18.6. The van der Waals surface area contributed by atoms with E-state index in [-0.39, 0.29) is 5.56 Å². The third-order valence-electron chi connectivity index (χ3n) is 2.60. The van der Waals surface area contributed by atoms with Crippen LogP contribution in [-0.2, 0) is 0 Å². The molecule has 2 aromatic rings. The van der Waals surface area contributed by atoms with Gasteiger partial charge in [0.25, 0.3) is 5.56 Å². The monoisotopic (exact) mass is 238 g/mol. The first-order valence-electron chi connectivity index (χ1n) is 5.72. The number of rotatable bonds is 0. The summed E-state index contributed by atoms with van der Waals surface area (Å²) >= 11 is 0. The number of benzene rings is 1. The Labute approximate surface area is 106 Å². The number of H-pyrrole nitrogens is 1. The number of aromatic amines is 1. The molecule has 0 atom stereocenters. The lowest BCUT2D eigenvalue weighted by Gasteiger charge is -1.98. The molecule has 0 spiro atoms. The molecule has 0 fully saturated rings. The second-order valence-electron chi connectivity index (χ2n) is 4.23. The van der Waals surface area contributed by atoms with E-state index in [1.54, 1.807) is 13.8 Å². The Balaban J connectivity index is 2.42. The number of hydrogen-bond acceptors (Lipinski definition) is 2. The molecule has 0 aliphatic rings. The first-order valence-corrected chi connectivity index (χ1v) is 5.72. The van der Waals surface area contributed by atoms with Crippen molar-refractivity contribution in [2.75, 3.05) is 0 Å². The molecule has 0 bridgehead atoms. The van der Waals surface area contributed by atoms with Gasteiger partial charge in [-0.05, 0) is 32.9 Å².